The zero-order valence-corrected chi connectivity index (χ0v) is 11.2. The molecule has 0 atom stereocenters. The van der Waals surface area contributed by atoms with E-state index in [9.17, 15) is 14.5 Å². The van der Waals surface area contributed by atoms with Gasteiger partial charge < -0.3 is 4.74 Å². The van der Waals surface area contributed by atoms with Gasteiger partial charge in [-0.25, -0.2) is 4.39 Å². The highest BCUT2D eigenvalue weighted by Gasteiger charge is 2.16. The SMILES string of the molecule is Cc1cc(OCc2cc(Cl)ccn2)c(F)cc1[N+](=O)[O-]. The van der Waals surface area contributed by atoms with Gasteiger partial charge in [0, 0.05) is 16.8 Å². The predicted octanol–water partition coefficient (Wildman–Crippen LogP) is 3.67. The molecule has 0 amide bonds. The van der Waals surface area contributed by atoms with E-state index >= 15 is 0 Å². The van der Waals surface area contributed by atoms with Crippen LogP contribution in [-0.4, -0.2) is 9.91 Å². The van der Waals surface area contributed by atoms with Crippen molar-refractivity contribution < 1.29 is 14.1 Å². The van der Waals surface area contributed by atoms with Crippen LogP contribution in [0.25, 0.3) is 0 Å². The van der Waals surface area contributed by atoms with Crippen molar-refractivity contribution in [2.24, 2.45) is 0 Å². The first-order valence-electron chi connectivity index (χ1n) is 5.65. The highest BCUT2D eigenvalue weighted by atomic mass is 35.5. The van der Waals surface area contributed by atoms with Gasteiger partial charge in [0.25, 0.3) is 5.69 Å². The molecule has 1 aromatic heterocycles. The maximum Gasteiger partial charge on any atom is 0.275 e. The fourth-order valence-corrected chi connectivity index (χ4v) is 1.81. The lowest BCUT2D eigenvalue weighted by molar-refractivity contribution is -0.385. The van der Waals surface area contributed by atoms with Crippen LogP contribution in [0.1, 0.15) is 11.3 Å². The van der Waals surface area contributed by atoms with Crippen molar-refractivity contribution in [3.63, 3.8) is 0 Å². The highest BCUT2D eigenvalue weighted by Crippen LogP contribution is 2.27. The lowest BCUT2D eigenvalue weighted by atomic mass is 10.2. The number of pyridine rings is 1. The number of nitro groups is 1. The molecule has 0 saturated heterocycles. The number of nitro benzene ring substituents is 1. The van der Waals surface area contributed by atoms with Crippen LogP contribution >= 0.6 is 11.6 Å². The Morgan fingerprint density at radius 2 is 2.20 bits per heavy atom. The summed E-state index contributed by atoms with van der Waals surface area (Å²) in [6.07, 6.45) is 1.51. The number of aromatic nitrogens is 1. The molecular formula is C13H10ClFN2O3. The Morgan fingerprint density at radius 1 is 1.45 bits per heavy atom. The molecule has 0 N–H and O–H groups in total. The Labute approximate surface area is 119 Å². The van der Waals surface area contributed by atoms with E-state index < -0.39 is 10.7 Å². The topological polar surface area (TPSA) is 65.3 Å². The van der Waals surface area contributed by atoms with Gasteiger partial charge in [-0.1, -0.05) is 11.6 Å². The van der Waals surface area contributed by atoms with E-state index in [-0.39, 0.29) is 18.0 Å². The summed E-state index contributed by atoms with van der Waals surface area (Å²) in [5.41, 5.74) is 0.578. The third kappa shape index (κ3) is 3.21. The molecule has 0 saturated carbocycles. The standard InChI is InChI=1S/C13H10ClFN2O3/c1-8-4-13(11(15)6-12(8)17(18)19)20-7-10-5-9(14)2-3-16-10/h2-6H,7H2,1H3. The molecule has 7 heteroatoms. The molecule has 5 nitrogen and oxygen atoms in total. The van der Waals surface area contributed by atoms with E-state index in [1.165, 1.54) is 19.2 Å². The van der Waals surface area contributed by atoms with Crippen molar-refractivity contribution >= 4 is 17.3 Å². The van der Waals surface area contributed by atoms with Gasteiger partial charge in [0.05, 0.1) is 16.7 Å². The minimum atomic E-state index is -0.788. The summed E-state index contributed by atoms with van der Waals surface area (Å²) in [5, 5.41) is 11.2. The van der Waals surface area contributed by atoms with E-state index in [0.29, 0.717) is 16.3 Å². The summed E-state index contributed by atoms with van der Waals surface area (Å²) < 4.78 is 19.0. The monoisotopic (exact) mass is 296 g/mol. The molecule has 20 heavy (non-hydrogen) atoms. The Bertz CT molecular complexity index is 664. The van der Waals surface area contributed by atoms with E-state index in [4.69, 9.17) is 16.3 Å². The molecule has 0 spiro atoms. The summed E-state index contributed by atoms with van der Waals surface area (Å²) >= 11 is 5.79. The van der Waals surface area contributed by atoms with Gasteiger partial charge in [0.15, 0.2) is 11.6 Å². The molecule has 0 aliphatic rings. The van der Waals surface area contributed by atoms with Gasteiger partial charge in [-0.2, -0.15) is 0 Å². The van der Waals surface area contributed by atoms with Crippen molar-refractivity contribution in [2.45, 2.75) is 13.5 Å². The molecule has 104 valence electrons. The Balaban J connectivity index is 2.18. The maximum atomic E-state index is 13.7. The number of ether oxygens (including phenoxy) is 1. The number of hydrogen-bond donors (Lipinski definition) is 0. The quantitative estimate of drug-likeness (QED) is 0.638. The molecule has 2 aromatic rings. The largest absolute Gasteiger partial charge is 0.484 e. The number of aryl methyl sites for hydroxylation is 1. The second-order valence-electron chi connectivity index (χ2n) is 4.08. The van der Waals surface area contributed by atoms with Crippen LogP contribution in [0, 0.1) is 22.9 Å². The zero-order chi connectivity index (χ0) is 14.7. The van der Waals surface area contributed by atoms with Gasteiger partial charge in [0.1, 0.15) is 6.61 Å². The average molecular weight is 297 g/mol. The summed E-state index contributed by atoms with van der Waals surface area (Å²) in [6.45, 7) is 1.54. The fourth-order valence-electron chi connectivity index (χ4n) is 1.63. The molecule has 0 fully saturated rings. The molecule has 1 aromatic carbocycles. The van der Waals surface area contributed by atoms with Crippen molar-refractivity contribution in [2.75, 3.05) is 0 Å². The lowest BCUT2D eigenvalue weighted by Crippen LogP contribution is -2.01. The summed E-state index contributed by atoms with van der Waals surface area (Å²) in [5.74, 6) is -0.848. The Kier molecular flexibility index (Phi) is 4.14. The zero-order valence-electron chi connectivity index (χ0n) is 10.5. The predicted molar refractivity (Wildman–Crippen MR) is 71.4 cm³/mol. The van der Waals surface area contributed by atoms with Gasteiger partial charge in [0.2, 0.25) is 0 Å². The molecule has 0 aliphatic heterocycles. The van der Waals surface area contributed by atoms with Crippen molar-refractivity contribution in [1.29, 1.82) is 0 Å². The smallest absolute Gasteiger partial charge is 0.275 e. The number of rotatable bonds is 4. The van der Waals surface area contributed by atoms with Crippen LogP contribution in [0.2, 0.25) is 5.02 Å². The van der Waals surface area contributed by atoms with Crippen LogP contribution in [0.3, 0.4) is 0 Å². The number of hydrogen-bond acceptors (Lipinski definition) is 4. The van der Waals surface area contributed by atoms with E-state index in [1.807, 2.05) is 0 Å². The van der Waals surface area contributed by atoms with Crippen LogP contribution in [0.15, 0.2) is 30.5 Å². The molecule has 0 radical (unpaired) electrons. The minimum absolute atomic E-state index is 0.0226. The maximum absolute atomic E-state index is 13.7. The van der Waals surface area contributed by atoms with E-state index in [2.05, 4.69) is 4.98 Å². The summed E-state index contributed by atoms with van der Waals surface area (Å²) in [4.78, 5) is 14.0. The van der Waals surface area contributed by atoms with Gasteiger partial charge in [-0.15, -0.1) is 0 Å². The highest BCUT2D eigenvalue weighted by molar-refractivity contribution is 6.30. The van der Waals surface area contributed by atoms with E-state index in [0.717, 1.165) is 6.07 Å². The average Bonchev–Trinajstić information content (AvgIpc) is 2.39. The molecule has 0 aliphatic carbocycles. The molecule has 1 heterocycles. The number of nitrogens with zero attached hydrogens (tertiary/aromatic N) is 2. The minimum Gasteiger partial charge on any atom is -0.484 e. The van der Waals surface area contributed by atoms with Gasteiger partial charge >= 0.3 is 0 Å². The van der Waals surface area contributed by atoms with Gasteiger partial charge in [-0.05, 0) is 25.1 Å². The Hall–Kier alpha value is -2.21. The first kappa shape index (κ1) is 14.2. The number of halogens is 2. The molecule has 2 rings (SSSR count). The summed E-state index contributed by atoms with van der Waals surface area (Å²) in [7, 11) is 0. The van der Waals surface area contributed by atoms with Crippen molar-refractivity contribution in [3.8, 4) is 5.75 Å². The van der Waals surface area contributed by atoms with Crippen molar-refractivity contribution in [1.82, 2.24) is 4.98 Å². The Morgan fingerprint density at radius 3 is 2.85 bits per heavy atom. The van der Waals surface area contributed by atoms with Crippen LogP contribution in [0.4, 0.5) is 10.1 Å². The van der Waals surface area contributed by atoms with Gasteiger partial charge in [-0.3, -0.25) is 15.1 Å². The third-order valence-electron chi connectivity index (χ3n) is 2.60. The second kappa shape index (κ2) is 5.83. The second-order valence-corrected chi connectivity index (χ2v) is 4.52. The third-order valence-corrected chi connectivity index (χ3v) is 2.84. The van der Waals surface area contributed by atoms with E-state index in [1.54, 1.807) is 12.1 Å². The van der Waals surface area contributed by atoms with Crippen LogP contribution in [0.5, 0.6) is 5.75 Å². The molecular weight excluding hydrogens is 287 g/mol. The normalized spacial score (nSPS) is 10.3. The molecule has 0 bridgehead atoms. The first-order valence-corrected chi connectivity index (χ1v) is 6.03. The van der Waals surface area contributed by atoms with Crippen LogP contribution in [-0.2, 0) is 6.61 Å². The number of benzene rings is 1. The molecule has 0 unspecified atom stereocenters. The summed E-state index contributed by atoms with van der Waals surface area (Å²) in [6, 6.07) is 5.34. The lowest BCUT2D eigenvalue weighted by Gasteiger charge is -2.08. The van der Waals surface area contributed by atoms with Crippen molar-refractivity contribution in [3.05, 3.63) is 62.7 Å². The first-order chi connectivity index (χ1) is 9.47. The van der Waals surface area contributed by atoms with Crippen LogP contribution < -0.4 is 4.74 Å². The fraction of sp³-hybridized carbons (Fsp3) is 0.154.